The molecule has 2 aromatic rings. The Morgan fingerprint density at radius 1 is 0.893 bits per heavy atom. The number of carbonyl (C=O) groups excluding carboxylic acids is 2. The van der Waals surface area contributed by atoms with Crippen LogP contribution in [-0.2, 0) is 6.54 Å². The molecule has 2 amide bonds. The molecule has 6 heteroatoms. The molecular formula is C22H26Cl2N2O2. The van der Waals surface area contributed by atoms with Crippen molar-refractivity contribution < 1.29 is 9.59 Å². The zero-order valence-corrected chi connectivity index (χ0v) is 17.6. The van der Waals surface area contributed by atoms with E-state index >= 15 is 0 Å². The van der Waals surface area contributed by atoms with E-state index in [-0.39, 0.29) is 24.2 Å². The van der Waals surface area contributed by atoms with Gasteiger partial charge in [-0.05, 0) is 56.3 Å². The fourth-order valence-corrected chi connectivity index (χ4v) is 3.69. The highest BCUT2D eigenvalue weighted by atomic mass is 35.5. The first-order valence-corrected chi connectivity index (χ1v) is 9.82. The Labute approximate surface area is 177 Å². The van der Waals surface area contributed by atoms with Crippen LogP contribution in [0.4, 0.5) is 0 Å². The van der Waals surface area contributed by atoms with Gasteiger partial charge in [0.2, 0.25) is 0 Å². The van der Waals surface area contributed by atoms with Crippen LogP contribution in [0.2, 0.25) is 5.02 Å². The zero-order valence-electron chi connectivity index (χ0n) is 16.1. The molecule has 0 N–H and O–H groups in total. The minimum absolute atomic E-state index is 0. The summed E-state index contributed by atoms with van der Waals surface area (Å²) in [5.41, 5.74) is 2.28. The van der Waals surface area contributed by atoms with Crippen molar-refractivity contribution in [2.45, 2.75) is 32.2 Å². The maximum atomic E-state index is 12.3. The van der Waals surface area contributed by atoms with Crippen molar-refractivity contribution in [1.29, 1.82) is 0 Å². The van der Waals surface area contributed by atoms with Gasteiger partial charge in [-0.3, -0.25) is 14.5 Å². The first-order chi connectivity index (χ1) is 13.1. The Balaban J connectivity index is 0.00000280. The van der Waals surface area contributed by atoms with Crippen molar-refractivity contribution in [3.8, 4) is 0 Å². The van der Waals surface area contributed by atoms with Crippen LogP contribution in [-0.4, -0.2) is 41.8 Å². The second-order valence-corrected chi connectivity index (χ2v) is 7.53. The molecule has 0 spiro atoms. The molecule has 0 aromatic heterocycles. The summed E-state index contributed by atoms with van der Waals surface area (Å²) in [7, 11) is 2.11. The fraction of sp³-hybridized carbons (Fsp3) is 0.364. The molecule has 1 heterocycles. The predicted octanol–water partition coefficient (Wildman–Crippen LogP) is 5.05. The minimum atomic E-state index is -0.156. The number of fused-ring (bicyclic) bond motifs is 1. The van der Waals surface area contributed by atoms with E-state index in [0.717, 1.165) is 43.8 Å². The Kier molecular flexibility index (Phi) is 8.49. The summed E-state index contributed by atoms with van der Waals surface area (Å²) in [6.45, 7) is 2.40. The molecule has 150 valence electrons. The maximum absolute atomic E-state index is 12.3. The molecule has 1 aliphatic heterocycles. The Hall–Kier alpha value is -1.88. The fourth-order valence-electron chi connectivity index (χ4n) is 3.47. The monoisotopic (exact) mass is 420 g/mol. The predicted molar refractivity (Wildman–Crippen MR) is 115 cm³/mol. The van der Waals surface area contributed by atoms with Gasteiger partial charge < -0.3 is 4.90 Å². The summed E-state index contributed by atoms with van der Waals surface area (Å²) in [4.78, 5) is 28.3. The van der Waals surface area contributed by atoms with Crippen LogP contribution in [0.3, 0.4) is 0 Å². The van der Waals surface area contributed by atoms with E-state index in [1.54, 1.807) is 24.3 Å². The molecule has 0 bridgehead atoms. The summed E-state index contributed by atoms with van der Waals surface area (Å²) in [6.07, 6.45) is 4.05. The highest BCUT2D eigenvalue weighted by molar-refractivity contribution is 6.30. The third kappa shape index (κ3) is 5.57. The first-order valence-electron chi connectivity index (χ1n) is 9.44. The van der Waals surface area contributed by atoms with Gasteiger partial charge in [-0.25, -0.2) is 0 Å². The molecule has 3 rings (SSSR count). The summed E-state index contributed by atoms with van der Waals surface area (Å²) in [5, 5.41) is 0.772. The first kappa shape index (κ1) is 22.4. The summed E-state index contributed by atoms with van der Waals surface area (Å²) in [6, 6.07) is 15.0. The Bertz CT molecular complexity index is 791. The number of hydrogen-bond acceptors (Lipinski definition) is 3. The van der Waals surface area contributed by atoms with Crippen LogP contribution in [0.25, 0.3) is 0 Å². The van der Waals surface area contributed by atoms with Crippen molar-refractivity contribution in [2.75, 3.05) is 20.1 Å². The normalized spacial score (nSPS) is 13.0. The van der Waals surface area contributed by atoms with Gasteiger partial charge in [-0.15, -0.1) is 12.4 Å². The highest BCUT2D eigenvalue weighted by Gasteiger charge is 2.34. The number of nitrogens with zero attached hydrogens (tertiary/aromatic N) is 2. The van der Waals surface area contributed by atoms with E-state index in [1.165, 1.54) is 10.5 Å². The van der Waals surface area contributed by atoms with Gasteiger partial charge in [-0.2, -0.15) is 0 Å². The van der Waals surface area contributed by atoms with Gasteiger partial charge in [0, 0.05) is 18.1 Å². The van der Waals surface area contributed by atoms with E-state index < -0.39 is 0 Å². The Morgan fingerprint density at radius 3 is 2.18 bits per heavy atom. The third-order valence-electron chi connectivity index (χ3n) is 4.89. The van der Waals surface area contributed by atoms with E-state index in [0.29, 0.717) is 17.7 Å². The van der Waals surface area contributed by atoms with Crippen LogP contribution in [0, 0.1) is 0 Å². The van der Waals surface area contributed by atoms with E-state index in [1.807, 2.05) is 18.2 Å². The topological polar surface area (TPSA) is 40.6 Å². The number of amides is 2. The number of unbranched alkanes of at least 4 members (excludes halogenated alkanes) is 3. The van der Waals surface area contributed by atoms with Crippen molar-refractivity contribution >= 4 is 35.8 Å². The van der Waals surface area contributed by atoms with Crippen molar-refractivity contribution in [1.82, 2.24) is 9.80 Å². The molecule has 28 heavy (non-hydrogen) atoms. The number of rotatable bonds is 9. The van der Waals surface area contributed by atoms with Crippen molar-refractivity contribution in [3.63, 3.8) is 0 Å². The number of carbonyl (C=O) groups is 2. The molecule has 0 fully saturated rings. The average Bonchev–Trinajstić information content (AvgIpc) is 2.89. The summed E-state index contributed by atoms with van der Waals surface area (Å²) >= 11 is 6.02. The lowest BCUT2D eigenvalue weighted by molar-refractivity contribution is 0.0651. The van der Waals surface area contributed by atoms with Crippen LogP contribution in [0.1, 0.15) is 52.0 Å². The quantitative estimate of drug-likeness (QED) is 0.420. The van der Waals surface area contributed by atoms with Gasteiger partial charge in [0.15, 0.2) is 0 Å². The molecule has 0 radical (unpaired) electrons. The molecular weight excluding hydrogens is 395 g/mol. The zero-order chi connectivity index (χ0) is 19.2. The van der Waals surface area contributed by atoms with Gasteiger partial charge in [-0.1, -0.05) is 48.7 Å². The lowest BCUT2D eigenvalue weighted by atomic mass is 10.1. The van der Waals surface area contributed by atoms with Gasteiger partial charge in [0.25, 0.3) is 11.8 Å². The van der Waals surface area contributed by atoms with E-state index in [4.69, 9.17) is 11.6 Å². The van der Waals surface area contributed by atoms with Crippen LogP contribution < -0.4 is 0 Å². The minimum Gasteiger partial charge on any atom is -0.302 e. The number of benzene rings is 2. The Morgan fingerprint density at radius 2 is 1.54 bits per heavy atom. The molecule has 0 unspecified atom stereocenters. The molecule has 0 saturated heterocycles. The van der Waals surface area contributed by atoms with Gasteiger partial charge in [0.1, 0.15) is 0 Å². The number of halogens is 2. The smallest absolute Gasteiger partial charge is 0.261 e. The van der Waals surface area contributed by atoms with Gasteiger partial charge in [0.05, 0.1) is 11.1 Å². The highest BCUT2D eigenvalue weighted by Crippen LogP contribution is 2.22. The molecule has 0 atom stereocenters. The SMILES string of the molecule is CN(CCCCCCN1C(=O)c2ccccc2C1=O)Cc1cccc(Cl)c1.Cl. The number of imide groups is 1. The average molecular weight is 421 g/mol. The lowest BCUT2D eigenvalue weighted by Crippen LogP contribution is -2.30. The van der Waals surface area contributed by atoms with Crippen molar-refractivity contribution in [2.24, 2.45) is 0 Å². The number of hydrogen-bond donors (Lipinski definition) is 0. The summed E-state index contributed by atoms with van der Waals surface area (Å²) < 4.78 is 0. The van der Waals surface area contributed by atoms with Crippen LogP contribution in [0.5, 0.6) is 0 Å². The second kappa shape index (κ2) is 10.6. The standard InChI is InChI=1S/C22H25ClN2O2.ClH/c1-24(16-17-9-8-10-18(23)15-17)13-6-2-3-7-14-25-21(26)19-11-4-5-12-20(19)22(25)27;/h4-5,8-12,15H,2-3,6-7,13-14,16H2,1H3;1H. The van der Waals surface area contributed by atoms with Crippen LogP contribution >= 0.6 is 24.0 Å². The molecule has 4 nitrogen and oxygen atoms in total. The van der Waals surface area contributed by atoms with Crippen LogP contribution in [0.15, 0.2) is 48.5 Å². The molecule has 1 aliphatic rings. The second-order valence-electron chi connectivity index (χ2n) is 7.09. The largest absolute Gasteiger partial charge is 0.302 e. The summed E-state index contributed by atoms with van der Waals surface area (Å²) in [5.74, 6) is -0.311. The van der Waals surface area contributed by atoms with Gasteiger partial charge >= 0.3 is 0 Å². The van der Waals surface area contributed by atoms with E-state index in [2.05, 4.69) is 18.0 Å². The maximum Gasteiger partial charge on any atom is 0.261 e. The third-order valence-corrected chi connectivity index (χ3v) is 5.13. The lowest BCUT2D eigenvalue weighted by Gasteiger charge is -2.17. The van der Waals surface area contributed by atoms with Crippen molar-refractivity contribution in [3.05, 3.63) is 70.2 Å². The molecule has 0 saturated carbocycles. The van der Waals surface area contributed by atoms with E-state index in [9.17, 15) is 9.59 Å². The molecule has 2 aromatic carbocycles. The molecule has 0 aliphatic carbocycles.